The number of thiocarbonyl (C=S) groups is 1. The predicted molar refractivity (Wildman–Crippen MR) is 77.2 cm³/mol. The first-order valence-electron chi connectivity index (χ1n) is 5.73. The highest BCUT2D eigenvalue weighted by Gasteiger charge is 2.16. The summed E-state index contributed by atoms with van der Waals surface area (Å²) in [5, 5.41) is 3.16. The molecule has 0 radical (unpaired) electrons. The van der Waals surface area contributed by atoms with E-state index in [4.69, 9.17) is 34.3 Å². The largest absolute Gasteiger partial charge is 0.473 e. The number of anilines is 1. The van der Waals surface area contributed by atoms with Gasteiger partial charge in [-0.25, -0.2) is 4.98 Å². The van der Waals surface area contributed by atoms with E-state index < -0.39 is 0 Å². The molecule has 0 unspecified atom stereocenters. The van der Waals surface area contributed by atoms with Gasteiger partial charge in [-0.05, 0) is 44.1 Å². The Hall–Kier alpha value is -1.14. The Labute approximate surface area is 117 Å². The predicted octanol–water partition coefficient (Wildman–Crippen LogP) is 2.53. The molecule has 18 heavy (non-hydrogen) atoms. The number of aromatic nitrogens is 2. The number of halogens is 1. The Morgan fingerprint density at radius 2 is 2.17 bits per heavy atom. The molecule has 0 atom stereocenters. The second-order valence-electron chi connectivity index (χ2n) is 4.03. The smallest absolute Gasteiger partial charge is 0.242 e. The summed E-state index contributed by atoms with van der Waals surface area (Å²) in [6.07, 6.45) is 1.62. The maximum Gasteiger partial charge on any atom is 0.242 e. The van der Waals surface area contributed by atoms with Crippen LogP contribution in [0.3, 0.4) is 0 Å². The third-order valence-electron chi connectivity index (χ3n) is 2.01. The summed E-state index contributed by atoms with van der Waals surface area (Å²) in [7, 11) is 0. The van der Waals surface area contributed by atoms with Crippen molar-refractivity contribution >= 4 is 34.6 Å². The van der Waals surface area contributed by atoms with Crippen LogP contribution in [-0.2, 0) is 6.42 Å². The van der Waals surface area contributed by atoms with E-state index >= 15 is 0 Å². The molecule has 0 aliphatic heterocycles. The molecule has 1 aromatic heterocycles. The molecule has 5 nitrogen and oxygen atoms in total. The van der Waals surface area contributed by atoms with Gasteiger partial charge in [0.25, 0.3) is 0 Å². The molecule has 0 saturated heterocycles. The second kappa shape index (κ2) is 6.70. The van der Waals surface area contributed by atoms with E-state index in [0.717, 1.165) is 18.5 Å². The maximum atomic E-state index is 5.88. The fraction of sp³-hybridized carbons (Fsp3) is 0.545. The quantitative estimate of drug-likeness (QED) is 0.641. The lowest BCUT2D eigenvalue weighted by molar-refractivity contribution is 0.233. The fourth-order valence-corrected chi connectivity index (χ4v) is 1.71. The summed E-state index contributed by atoms with van der Waals surface area (Å²) in [5.41, 5.74) is 6.85. The van der Waals surface area contributed by atoms with E-state index in [1.807, 2.05) is 20.8 Å². The van der Waals surface area contributed by atoms with Gasteiger partial charge >= 0.3 is 0 Å². The maximum absolute atomic E-state index is 5.88. The number of ether oxygens (including phenoxy) is 1. The van der Waals surface area contributed by atoms with Crippen molar-refractivity contribution in [3.63, 3.8) is 0 Å². The van der Waals surface area contributed by atoms with Gasteiger partial charge in [0.05, 0.1) is 11.8 Å². The van der Waals surface area contributed by atoms with E-state index in [-0.39, 0.29) is 16.5 Å². The zero-order valence-corrected chi connectivity index (χ0v) is 12.2. The number of nitrogens with one attached hydrogen (secondary N) is 1. The van der Waals surface area contributed by atoms with Gasteiger partial charge < -0.3 is 15.8 Å². The topological polar surface area (TPSA) is 73.1 Å². The van der Waals surface area contributed by atoms with Crippen LogP contribution in [0.1, 0.15) is 32.9 Å². The molecule has 3 N–H and O–H groups in total. The van der Waals surface area contributed by atoms with Crippen LogP contribution in [0.2, 0.25) is 5.28 Å². The van der Waals surface area contributed by atoms with Gasteiger partial charge in [-0.2, -0.15) is 4.98 Å². The van der Waals surface area contributed by atoms with Crippen LogP contribution in [0.15, 0.2) is 0 Å². The lowest BCUT2D eigenvalue weighted by atomic mass is 10.2. The Morgan fingerprint density at radius 3 is 2.67 bits per heavy atom. The molecule has 100 valence electrons. The molecule has 0 amide bonds. The zero-order valence-electron chi connectivity index (χ0n) is 10.7. The van der Waals surface area contributed by atoms with E-state index in [9.17, 15) is 0 Å². The van der Waals surface area contributed by atoms with Crippen LogP contribution in [-0.4, -0.2) is 21.2 Å². The van der Waals surface area contributed by atoms with Crippen LogP contribution >= 0.6 is 23.8 Å². The summed E-state index contributed by atoms with van der Waals surface area (Å²) >= 11 is 10.7. The number of aryl methyl sites for hydroxylation is 1. The Kier molecular flexibility index (Phi) is 5.55. The Morgan fingerprint density at radius 1 is 1.50 bits per heavy atom. The Balaban J connectivity index is 3.22. The first kappa shape index (κ1) is 14.9. The minimum Gasteiger partial charge on any atom is -0.473 e. The molecule has 1 aromatic rings. The Bertz CT molecular complexity index is 439. The van der Waals surface area contributed by atoms with Gasteiger partial charge in [0, 0.05) is 0 Å². The van der Waals surface area contributed by atoms with Crippen molar-refractivity contribution in [3.8, 4) is 5.88 Å². The van der Waals surface area contributed by atoms with E-state index in [1.54, 1.807) is 0 Å². The summed E-state index contributed by atoms with van der Waals surface area (Å²) in [4.78, 5) is 8.24. The van der Waals surface area contributed by atoms with Crippen molar-refractivity contribution in [1.29, 1.82) is 0 Å². The van der Waals surface area contributed by atoms with Crippen LogP contribution in [0.25, 0.3) is 0 Å². The summed E-state index contributed by atoms with van der Waals surface area (Å²) < 4.78 is 5.60. The summed E-state index contributed by atoms with van der Waals surface area (Å²) in [6.45, 7) is 5.85. The third-order valence-corrected chi connectivity index (χ3v) is 2.28. The average Bonchev–Trinajstić information content (AvgIpc) is 2.22. The molecule has 0 aliphatic carbocycles. The molecule has 0 aromatic carbocycles. The second-order valence-corrected chi connectivity index (χ2v) is 4.80. The highest BCUT2D eigenvalue weighted by atomic mass is 35.5. The molecule has 0 bridgehead atoms. The van der Waals surface area contributed by atoms with Gasteiger partial charge in [-0.3, -0.25) is 0 Å². The first-order chi connectivity index (χ1) is 8.43. The van der Waals surface area contributed by atoms with Crippen molar-refractivity contribution < 1.29 is 4.74 Å². The van der Waals surface area contributed by atoms with Crippen LogP contribution in [0.4, 0.5) is 5.69 Å². The number of nitrogens with two attached hydrogens (primary N) is 1. The molecule has 7 heteroatoms. The number of nitrogens with zero attached hydrogens (tertiary/aromatic N) is 2. The van der Waals surface area contributed by atoms with Gasteiger partial charge in [-0.15, -0.1) is 0 Å². The molecular weight excluding hydrogens is 272 g/mol. The minimum atomic E-state index is -0.0302. The number of hydrogen-bond acceptors (Lipinski definition) is 4. The first-order valence-corrected chi connectivity index (χ1v) is 6.52. The molecular formula is C11H17ClN4OS. The normalized spacial score (nSPS) is 10.5. The lowest BCUT2D eigenvalue weighted by Gasteiger charge is -2.16. The van der Waals surface area contributed by atoms with Gasteiger partial charge in [0.15, 0.2) is 5.11 Å². The minimum absolute atomic E-state index is 0.0302. The van der Waals surface area contributed by atoms with Crippen molar-refractivity contribution in [1.82, 2.24) is 9.97 Å². The molecule has 1 heterocycles. The van der Waals surface area contributed by atoms with Crippen molar-refractivity contribution in [3.05, 3.63) is 11.0 Å². The summed E-state index contributed by atoms with van der Waals surface area (Å²) in [6, 6.07) is 0. The van der Waals surface area contributed by atoms with E-state index in [1.165, 1.54) is 0 Å². The molecule has 0 aliphatic rings. The zero-order chi connectivity index (χ0) is 13.7. The van der Waals surface area contributed by atoms with Gasteiger partial charge in [0.2, 0.25) is 11.2 Å². The monoisotopic (exact) mass is 288 g/mol. The van der Waals surface area contributed by atoms with Crippen LogP contribution < -0.4 is 15.8 Å². The number of hydrogen-bond donors (Lipinski definition) is 2. The standard InChI is InChI=1S/C11H17ClN4OS/c1-4-5-7-8(15-11(13)18)9(17-6(2)3)16-10(12)14-7/h6H,4-5H2,1-3H3,(H3,13,15,18). The van der Waals surface area contributed by atoms with Crippen molar-refractivity contribution in [2.24, 2.45) is 5.73 Å². The fourth-order valence-electron chi connectivity index (χ4n) is 1.43. The van der Waals surface area contributed by atoms with Crippen molar-refractivity contribution in [2.75, 3.05) is 5.32 Å². The molecule has 0 fully saturated rings. The average molecular weight is 289 g/mol. The summed E-state index contributed by atoms with van der Waals surface area (Å²) in [5.74, 6) is 0.376. The SMILES string of the molecule is CCCc1nc(Cl)nc(OC(C)C)c1NC(N)=S. The number of rotatable bonds is 5. The van der Waals surface area contributed by atoms with Crippen LogP contribution in [0, 0.1) is 0 Å². The third kappa shape index (κ3) is 4.27. The van der Waals surface area contributed by atoms with E-state index in [2.05, 4.69) is 15.3 Å². The van der Waals surface area contributed by atoms with Crippen molar-refractivity contribution in [2.45, 2.75) is 39.7 Å². The molecule has 0 saturated carbocycles. The van der Waals surface area contributed by atoms with Gasteiger partial charge in [0.1, 0.15) is 5.69 Å². The lowest BCUT2D eigenvalue weighted by Crippen LogP contribution is -2.22. The van der Waals surface area contributed by atoms with Gasteiger partial charge in [-0.1, -0.05) is 13.3 Å². The highest BCUT2D eigenvalue weighted by Crippen LogP contribution is 2.28. The highest BCUT2D eigenvalue weighted by molar-refractivity contribution is 7.80. The van der Waals surface area contributed by atoms with E-state index in [0.29, 0.717) is 11.6 Å². The van der Waals surface area contributed by atoms with Crippen LogP contribution in [0.5, 0.6) is 5.88 Å². The molecule has 0 spiro atoms. The molecule has 1 rings (SSSR count).